The van der Waals surface area contributed by atoms with Crippen LogP contribution < -0.4 is 0 Å². The Balaban J connectivity index is 2.93. The fraction of sp³-hybridized carbons (Fsp3) is 0.714. The molecule has 0 heterocycles. The Morgan fingerprint density at radius 3 is 2.38 bits per heavy atom. The Bertz CT molecular complexity index is 64.8. The van der Waals surface area contributed by atoms with Gasteiger partial charge in [0.1, 0.15) is 0 Å². The van der Waals surface area contributed by atoms with E-state index in [1.54, 1.807) is 0 Å². The third-order valence-corrected chi connectivity index (χ3v) is 0.979. The highest BCUT2D eigenvalue weighted by Crippen LogP contribution is 1.83. The summed E-state index contributed by atoms with van der Waals surface area (Å²) in [5.41, 5.74) is 0. The van der Waals surface area contributed by atoms with Crippen LogP contribution >= 0.6 is 0 Å². The molecule has 0 rings (SSSR count). The molecule has 0 fully saturated rings. The Hall–Kier alpha value is -0.300. The van der Waals surface area contributed by atoms with Crippen LogP contribution in [0.4, 0.5) is 0 Å². The topological polar surface area (TPSA) is 3.24 Å². The molecule has 1 nitrogen and oxygen atoms in total. The second kappa shape index (κ2) is 4.85. The molecule has 0 bridgehead atoms. The summed E-state index contributed by atoms with van der Waals surface area (Å²) in [6, 6.07) is 0. The summed E-state index contributed by atoms with van der Waals surface area (Å²) in [5, 5.41) is 0. The molecule has 0 radical (unpaired) electrons. The minimum absolute atomic E-state index is 1.16. The number of rotatable bonds is 3. The molecule has 0 saturated carbocycles. The molecule has 8 heavy (non-hydrogen) atoms. The first kappa shape index (κ1) is 7.70. The molecule has 0 aliphatic heterocycles. The van der Waals surface area contributed by atoms with Gasteiger partial charge in [0, 0.05) is 6.54 Å². The van der Waals surface area contributed by atoms with Crippen molar-refractivity contribution in [3.63, 3.8) is 0 Å². The van der Waals surface area contributed by atoms with Crippen molar-refractivity contribution in [3.8, 4) is 0 Å². The minimum Gasteiger partial charge on any atom is -0.309 e. The zero-order chi connectivity index (χ0) is 6.41. The molecular weight excluding hydrogens is 98.1 g/mol. The van der Waals surface area contributed by atoms with Crippen LogP contribution in [-0.4, -0.2) is 25.5 Å². The van der Waals surface area contributed by atoms with Gasteiger partial charge in [0.15, 0.2) is 0 Å². The van der Waals surface area contributed by atoms with Gasteiger partial charge in [-0.25, -0.2) is 0 Å². The van der Waals surface area contributed by atoms with Crippen LogP contribution in [0.3, 0.4) is 0 Å². The molecule has 0 amide bonds. The largest absolute Gasteiger partial charge is 0.309 e. The summed E-state index contributed by atoms with van der Waals surface area (Å²) in [6.45, 7) is 3.21. The molecule has 0 saturated heterocycles. The second-order valence-corrected chi connectivity index (χ2v) is 2.16. The second-order valence-electron chi connectivity index (χ2n) is 2.16. The fourth-order valence-corrected chi connectivity index (χ4v) is 0.499. The van der Waals surface area contributed by atoms with Gasteiger partial charge in [-0.05, 0) is 27.4 Å². The molecule has 0 aliphatic rings. The molecule has 0 aromatic rings. The van der Waals surface area contributed by atoms with Crippen molar-refractivity contribution in [3.05, 3.63) is 12.2 Å². The lowest BCUT2D eigenvalue weighted by atomic mass is 10.4. The lowest BCUT2D eigenvalue weighted by Gasteiger charge is -2.04. The van der Waals surface area contributed by atoms with E-state index < -0.39 is 0 Å². The zero-order valence-electron chi connectivity index (χ0n) is 6.02. The highest BCUT2D eigenvalue weighted by atomic mass is 15.0. The van der Waals surface area contributed by atoms with Gasteiger partial charge in [-0.2, -0.15) is 0 Å². The van der Waals surface area contributed by atoms with E-state index in [1.165, 1.54) is 6.42 Å². The standard InChI is InChI=1S/C7H15N/c1-4-5-6-7-8(2)3/h4-5H,6-7H2,1-3H3/b5-4+. The van der Waals surface area contributed by atoms with Crippen molar-refractivity contribution < 1.29 is 0 Å². The molecule has 0 spiro atoms. The van der Waals surface area contributed by atoms with Gasteiger partial charge in [-0.1, -0.05) is 12.2 Å². The van der Waals surface area contributed by atoms with Crippen LogP contribution in [0.25, 0.3) is 0 Å². The first-order valence-corrected chi connectivity index (χ1v) is 3.03. The molecule has 0 aromatic heterocycles. The zero-order valence-corrected chi connectivity index (χ0v) is 6.02. The summed E-state index contributed by atoms with van der Waals surface area (Å²) in [4.78, 5) is 2.18. The fourth-order valence-electron chi connectivity index (χ4n) is 0.499. The summed E-state index contributed by atoms with van der Waals surface area (Å²) >= 11 is 0. The van der Waals surface area contributed by atoms with E-state index in [2.05, 4.69) is 38.1 Å². The Morgan fingerprint density at radius 2 is 2.00 bits per heavy atom. The predicted octanol–water partition coefficient (Wildman–Crippen LogP) is 1.51. The number of hydrogen-bond donors (Lipinski definition) is 0. The quantitative estimate of drug-likeness (QED) is 0.501. The van der Waals surface area contributed by atoms with Crippen molar-refractivity contribution in [2.75, 3.05) is 20.6 Å². The number of hydrogen-bond acceptors (Lipinski definition) is 1. The average Bonchev–Trinajstić information content (AvgIpc) is 1.66. The normalized spacial score (nSPS) is 11.5. The molecule has 0 aliphatic carbocycles. The summed E-state index contributed by atoms with van der Waals surface area (Å²) in [7, 11) is 4.17. The van der Waals surface area contributed by atoms with Gasteiger partial charge in [0.25, 0.3) is 0 Å². The van der Waals surface area contributed by atoms with Crippen LogP contribution in [0.2, 0.25) is 0 Å². The summed E-state index contributed by atoms with van der Waals surface area (Å²) < 4.78 is 0. The molecule has 0 aromatic carbocycles. The predicted molar refractivity (Wildman–Crippen MR) is 38.0 cm³/mol. The molecule has 0 unspecified atom stereocenters. The van der Waals surface area contributed by atoms with E-state index in [9.17, 15) is 0 Å². The first-order valence-electron chi connectivity index (χ1n) is 3.03. The molecule has 48 valence electrons. The van der Waals surface area contributed by atoms with E-state index >= 15 is 0 Å². The van der Waals surface area contributed by atoms with Crippen molar-refractivity contribution in [1.29, 1.82) is 0 Å². The maximum atomic E-state index is 2.18. The van der Waals surface area contributed by atoms with Gasteiger partial charge in [0.05, 0.1) is 0 Å². The van der Waals surface area contributed by atoms with E-state index in [-0.39, 0.29) is 0 Å². The maximum absolute atomic E-state index is 2.18. The SMILES string of the molecule is C/C=C/CCN(C)C. The van der Waals surface area contributed by atoms with Crippen molar-refractivity contribution >= 4 is 0 Å². The highest BCUT2D eigenvalue weighted by molar-refractivity contribution is 4.77. The summed E-state index contributed by atoms with van der Waals surface area (Å²) in [5.74, 6) is 0. The van der Waals surface area contributed by atoms with Gasteiger partial charge in [0.2, 0.25) is 0 Å². The maximum Gasteiger partial charge on any atom is 0.000980 e. The smallest absolute Gasteiger partial charge is 0.000980 e. The lowest BCUT2D eigenvalue weighted by Crippen LogP contribution is -2.11. The molecule has 0 N–H and O–H groups in total. The number of nitrogens with zero attached hydrogens (tertiary/aromatic N) is 1. The lowest BCUT2D eigenvalue weighted by molar-refractivity contribution is 0.417. The molecule has 0 atom stereocenters. The third kappa shape index (κ3) is 5.70. The van der Waals surface area contributed by atoms with Crippen LogP contribution in [0, 0.1) is 0 Å². The van der Waals surface area contributed by atoms with E-state index in [0.29, 0.717) is 0 Å². The van der Waals surface area contributed by atoms with Gasteiger partial charge >= 0.3 is 0 Å². The molecular formula is C7H15N. The van der Waals surface area contributed by atoms with E-state index in [4.69, 9.17) is 0 Å². The van der Waals surface area contributed by atoms with Crippen molar-refractivity contribution in [2.24, 2.45) is 0 Å². The minimum atomic E-state index is 1.16. The molecule has 1 heteroatoms. The van der Waals surface area contributed by atoms with Crippen LogP contribution in [0.1, 0.15) is 13.3 Å². The van der Waals surface area contributed by atoms with Crippen LogP contribution in [0.15, 0.2) is 12.2 Å². The van der Waals surface area contributed by atoms with Crippen molar-refractivity contribution in [1.82, 2.24) is 4.90 Å². The third-order valence-electron chi connectivity index (χ3n) is 0.979. The van der Waals surface area contributed by atoms with Gasteiger partial charge in [-0.3, -0.25) is 0 Å². The Labute approximate surface area is 52.0 Å². The van der Waals surface area contributed by atoms with Crippen LogP contribution in [-0.2, 0) is 0 Å². The summed E-state index contributed by atoms with van der Waals surface area (Å²) in [6.07, 6.45) is 5.44. The number of allylic oxidation sites excluding steroid dienone is 1. The Kier molecular flexibility index (Phi) is 4.67. The highest BCUT2D eigenvalue weighted by Gasteiger charge is 1.82. The van der Waals surface area contributed by atoms with E-state index in [0.717, 1.165) is 6.54 Å². The average molecular weight is 113 g/mol. The first-order chi connectivity index (χ1) is 3.77. The monoisotopic (exact) mass is 113 g/mol. The van der Waals surface area contributed by atoms with E-state index in [1.807, 2.05) is 0 Å². The van der Waals surface area contributed by atoms with Crippen LogP contribution in [0.5, 0.6) is 0 Å². The van der Waals surface area contributed by atoms with Gasteiger partial charge in [-0.15, -0.1) is 0 Å². The Morgan fingerprint density at radius 1 is 1.38 bits per heavy atom. The van der Waals surface area contributed by atoms with Gasteiger partial charge < -0.3 is 4.90 Å². The van der Waals surface area contributed by atoms with Crippen molar-refractivity contribution in [2.45, 2.75) is 13.3 Å².